The summed E-state index contributed by atoms with van der Waals surface area (Å²) in [5, 5.41) is 3.01. The van der Waals surface area contributed by atoms with Crippen LogP contribution < -0.4 is 19.9 Å². The molecule has 9 nitrogen and oxygen atoms in total. The van der Waals surface area contributed by atoms with Gasteiger partial charge in [-0.3, -0.25) is 24.2 Å². The number of aromatic amines is 1. The molecule has 3 aromatic rings. The minimum absolute atomic E-state index is 0.0779. The van der Waals surface area contributed by atoms with Gasteiger partial charge in [0.05, 0.1) is 16.8 Å². The second-order valence-corrected chi connectivity index (χ2v) is 8.23. The number of hydrogen-bond acceptors (Lipinski definition) is 6. The Morgan fingerprint density at radius 2 is 1.74 bits per heavy atom. The Bertz CT molecular complexity index is 1390. The molecule has 0 saturated heterocycles. The van der Waals surface area contributed by atoms with Gasteiger partial charge >= 0.3 is 0 Å². The van der Waals surface area contributed by atoms with Gasteiger partial charge in [0.15, 0.2) is 11.5 Å². The number of nitrogens with zero attached hydrogens (tertiary/aromatic N) is 3. The number of carbonyl (C=O) groups is 2. The van der Waals surface area contributed by atoms with Crippen LogP contribution in [-0.4, -0.2) is 40.3 Å². The van der Waals surface area contributed by atoms with E-state index in [1.807, 2.05) is 37.3 Å². The molecule has 0 saturated carbocycles. The summed E-state index contributed by atoms with van der Waals surface area (Å²) in [7, 11) is 3.34. The van der Waals surface area contributed by atoms with Crippen molar-refractivity contribution in [2.45, 2.75) is 19.9 Å². The van der Waals surface area contributed by atoms with Crippen molar-refractivity contribution in [2.24, 2.45) is 7.05 Å². The topological polar surface area (TPSA) is 96.9 Å². The van der Waals surface area contributed by atoms with Crippen LogP contribution >= 0.6 is 0 Å². The lowest BCUT2D eigenvalue weighted by Crippen LogP contribution is -2.34. The second-order valence-electron chi connectivity index (χ2n) is 8.23. The average molecular weight is 460 g/mol. The number of ether oxygens (including phenoxy) is 2. The van der Waals surface area contributed by atoms with Crippen molar-refractivity contribution in [1.29, 1.82) is 0 Å². The van der Waals surface area contributed by atoms with Gasteiger partial charge in [-0.1, -0.05) is 37.3 Å². The number of hydrogen-bond donors (Lipinski definition) is 1. The highest BCUT2D eigenvalue weighted by molar-refractivity contribution is 6.45. The molecule has 0 bridgehead atoms. The third-order valence-corrected chi connectivity index (χ3v) is 6.04. The molecule has 2 aromatic carbocycles. The van der Waals surface area contributed by atoms with E-state index in [0.717, 1.165) is 10.5 Å². The van der Waals surface area contributed by atoms with Crippen molar-refractivity contribution in [3.63, 3.8) is 0 Å². The third kappa shape index (κ3) is 3.37. The summed E-state index contributed by atoms with van der Waals surface area (Å²) >= 11 is 0. The molecule has 2 aliphatic heterocycles. The van der Waals surface area contributed by atoms with Crippen LogP contribution in [0.1, 0.15) is 23.7 Å². The molecule has 0 radical (unpaired) electrons. The smallest absolute Gasteiger partial charge is 0.282 e. The summed E-state index contributed by atoms with van der Waals surface area (Å²) in [6.07, 6.45) is 0.496. The van der Waals surface area contributed by atoms with Crippen molar-refractivity contribution in [3.05, 3.63) is 81.4 Å². The van der Waals surface area contributed by atoms with Crippen molar-refractivity contribution in [1.82, 2.24) is 14.7 Å². The van der Waals surface area contributed by atoms with Gasteiger partial charge in [0.1, 0.15) is 5.70 Å². The van der Waals surface area contributed by atoms with E-state index >= 15 is 0 Å². The van der Waals surface area contributed by atoms with E-state index < -0.39 is 11.8 Å². The Morgan fingerprint density at radius 3 is 2.47 bits per heavy atom. The third-order valence-electron chi connectivity index (χ3n) is 6.04. The zero-order valence-electron chi connectivity index (χ0n) is 19.1. The Hall–Kier alpha value is -4.27. The number of aromatic nitrogens is 2. The Labute approximate surface area is 195 Å². The minimum Gasteiger partial charge on any atom is -0.454 e. The van der Waals surface area contributed by atoms with Gasteiger partial charge in [-0.15, -0.1) is 0 Å². The van der Waals surface area contributed by atoms with Crippen LogP contribution in [-0.2, 0) is 29.6 Å². The summed E-state index contributed by atoms with van der Waals surface area (Å²) < 4.78 is 12.1. The lowest BCUT2D eigenvalue weighted by Gasteiger charge is -2.21. The molecular weight excluding hydrogens is 436 g/mol. The maximum Gasteiger partial charge on any atom is 0.282 e. The summed E-state index contributed by atoms with van der Waals surface area (Å²) in [5.41, 5.74) is 2.06. The number of aryl methyl sites for hydroxylation is 2. The molecule has 0 unspecified atom stereocenters. The Kier molecular flexibility index (Phi) is 5.24. The SMILES string of the molecule is CCc1[nH]n(C)c(=O)c1C1=C(N(C)Cc2ccccc2)C(=O)N(c2ccc3c(c2)OCO3)C1=O. The number of anilines is 1. The molecule has 34 heavy (non-hydrogen) atoms. The average Bonchev–Trinajstić information content (AvgIpc) is 3.48. The Balaban J connectivity index is 1.65. The van der Waals surface area contributed by atoms with E-state index in [9.17, 15) is 14.4 Å². The van der Waals surface area contributed by atoms with Gasteiger partial charge < -0.3 is 14.4 Å². The quantitative estimate of drug-likeness (QED) is 0.568. The van der Waals surface area contributed by atoms with Crippen LogP contribution in [0.3, 0.4) is 0 Å². The van der Waals surface area contributed by atoms with Crippen LogP contribution in [0.4, 0.5) is 5.69 Å². The Morgan fingerprint density at radius 1 is 1.00 bits per heavy atom. The predicted octanol–water partition coefficient (Wildman–Crippen LogP) is 2.42. The first-order valence-corrected chi connectivity index (χ1v) is 11.0. The van der Waals surface area contributed by atoms with Crippen LogP contribution in [0.25, 0.3) is 5.57 Å². The van der Waals surface area contributed by atoms with Crippen LogP contribution in [0.2, 0.25) is 0 Å². The van der Waals surface area contributed by atoms with Gasteiger partial charge in [-0.05, 0) is 24.1 Å². The number of amides is 2. The second kappa shape index (κ2) is 8.26. The number of H-pyrrole nitrogens is 1. The van der Waals surface area contributed by atoms with E-state index in [4.69, 9.17) is 9.47 Å². The highest BCUT2D eigenvalue weighted by atomic mass is 16.7. The maximum absolute atomic E-state index is 13.8. The van der Waals surface area contributed by atoms with Gasteiger partial charge in [0.2, 0.25) is 6.79 Å². The molecule has 0 spiro atoms. The van der Waals surface area contributed by atoms with Gasteiger partial charge in [0.25, 0.3) is 17.4 Å². The summed E-state index contributed by atoms with van der Waals surface area (Å²) in [6.45, 7) is 2.36. The van der Waals surface area contributed by atoms with Crippen LogP contribution in [0, 0.1) is 0 Å². The zero-order chi connectivity index (χ0) is 24.0. The molecular formula is C25H24N4O5. The first kappa shape index (κ1) is 21.6. The first-order valence-electron chi connectivity index (χ1n) is 11.0. The minimum atomic E-state index is -0.551. The van der Waals surface area contributed by atoms with E-state index in [1.54, 1.807) is 37.2 Å². The lowest BCUT2D eigenvalue weighted by atomic mass is 10.0. The molecule has 174 valence electrons. The summed E-state index contributed by atoms with van der Waals surface area (Å²) in [4.78, 5) is 43.5. The van der Waals surface area contributed by atoms with Crippen LogP contribution in [0.5, 0.6) is 11.5 Å². The number of imide groups is 1. The highest BCUT2D eigenvalue weighted by Crippen LogP contribution is 2.40. The lowest BCUT2D eigenvalue weighted by molar-refractivity contribution is -0.120. The maximum atomic E-state index is 13.8. The van der Waals surface area contributed by atoms with Crippen molar-refractivity contribution >= 4 is 23.1 Å². The fourth-order valence-electron chi connectivity index (χ4n) is 4.41. The van der Waals surface area contributed by atoms with Crippen molar-refractivity contribution in [2.75, 3.05) is 18.7 Å². The van der Waals surface area contributed by atoms with Gasteiger partial charge in [-0.25, -0.2) is 4.90 Å². The molecule has 5 rings (SSSR count). The fourth-order valence-corrected chi connectivity index (χ4v) is 4.41. The zero-order valence-corrected chi connectivity index (χ0v) is 19.1. The molecule has 0 atom stereocenters. The molecule has 0 aliphatic carbocycles. The number of likely N-dealkylation sites (N-methyl/N-ethyl adjacent to an activating group) is 1. The van der Waals surface area contributed by atoms with E-state index in [2.05, 4.69) is 5.10 Å². The molecule has 3 heterocycles. The molecule has 2 aliphatic rings. The van der Waals surface area contributed by atoms with E-state index in [0.29, 0.717) is 35.8 Å². The number of rotatable bonds is 6. The number of nitrogens with one attached hydrogen (secondary N) is 1. The van der Waals surface area contributed by atoms with E-state index in [1.165, 1.54) is 4.68 Å². The molecule has 9 heteroatoms. The highest BCUT2D eigenvalue weighted by Gasteiger charge is 2.44. The number of carbonyl (C=O) groups excluding carboxylic acids is 2. The van der Waals surface area contributed by atoms with Crippen molar-refractivity contribution < 1.29 is 19.1 Å². The number of fused-ring (bicyclic) bond motifs is 1. The molecule has 1 N–H and O–H groups in total. The molecule has 2 amide bonds. The summed E-state index contributed by atoms with van der Waals surface area (Å²) in [5.74, 6) is -0.0458. The molecule has 1 aromatic heterocycles. The van der Waals surface area contributed by atoms with E-state index in [-0.39, 0.29) is 29.2 Å². The summed E-state index contributed by atoms with van der Waals surface area (Å²) in [6, 6.07) is 14.5. The van der Waals surface area contributed by atoms with Gasteiger partial charge in [-0.2, -0.15) is 0 Å². The monoisotopic (exact) mass is 460 g/mol. The van der Waals surface area contributed by atoms with Crippen molar-refractivity contribution in [3.8, 4) is 11.5 Å². The molecule has 0 fully saturated rings. The standard InChI is InChI=1S/C25H24N4O5/c1-4-17-20(23(30)28(3)26-17)21-22(27(2)13-15-8-6-5-7-9-15)25(32)29(24(21)31)16-10-11-18-19(12-16)34-14-33-18/h5-12,26H,4,13-14H2,1-3H3. The fraction of sp³-hybridized carbons (Fsp3) is 0.240. The van der Waals surface area contributed by atoms with Crippen LogP contribution in [0.15, 0.2) is 59.0 Å². The normalized spacial score (nSPS) is 15.0. The predicted molar refractivity (Wildman–Crippen MR) is 125 cm³/mol. The first-order chi connectivity index (χ1) is 16.4. The largest absolute Gasteiger partial charge is 0.454 e. The van der Waals surface area contributed by atoms with Gasteiger partial charge in [0, 0.05) is 32.4 Å². The number of benzene rings is 2.